The van der Waals surface area contributed by atoms with Gasteiger partial charge in [0, 0.05) is 30.8 Å². The fraction of sp³-hybridized carbons (Fsp3) is 0.522. The molecule has 1 amide bonds. The topological polar surface area (TPSA) is 85.7 Å². The normalized spacial score (nSPS) is 16.1. The molecule has 0 saturated carbocycles. The number of nitrogens with one attached hydrogen (secondary N) is 1. The summed E-state index contributed by atoms with van der Waals surface area (Å²) in [6.45, 7) is 9.84. The van der Waals surface area contributed by atoms with Crippen molar-refractivity contribution < 1.29 is 23.0 Å². The lowest BCUT2D eigenvalue weighted by molar-refractivity contribution is 0.0509. The lowest BCUT2D eigenvalue weighted by Gasteiger charge is -2.25. The molecule has 1 atom stereocenters. The van der Waals surface area contributed by atoms with Crippen LogP contribution in [0.15, 0.2) is 27.5 Å². The Morgan fingerprint density at radius 3 is 2.65 bits per heavy atom. The second kappa shape index (κ2) is 10.3. The molecule has 186 valence electrons. The van der Waals surface area contributed by atoms with Crippen LogP contribution in [-0.2, 0) is 11.3 Å². The van der Waals surface area contributed by atoms with Crippen LogP contribution in [0, 0.1) is 11.6 Å². The van der Waals surface area contributed by atoms with E-state index < -0.39 is 23.3 Å². The van der Waals surface area contributed by atoms with Gasteiger partial charge in [-0.15, -0.1) is 0 Å². The van der Waals surface area contributed by atoms with E-state index in [9.17, 15) is 18.4 Å². The van der Waals surface area contributed by atoms with Gasteiger partial charge in [0.25, 0.3) is 5.56 Å². The van der Waals surface area contributed by atoms with E-state index in [2.05, 4.69) is 26.2 Å². The second-order valence-electron chi connectivity index (χ2n) is 9.40. The monoisotopic (exact) mass is 542 g/mol. The van der Waals surface area contributed by atoms with Gasteiger partial charge in [0.2, 0.25) is 11.8 Å². The number of carbonyl (C=O) groups excluding carboxylic acids is 1. The molecule has 2 aromatic rings. The summed E-state index contributed by atoms with van der Waals surface area (Å²) in [6.07, 6.45) is 0.134. The average Bonchev–Trinajstić information content (AvgIpc) is 3.16. The zero-order valence-electron chi connectivity index (χ0n) is 19.8. The Hall–Kier alpha value is -2.69. The summed E-state index contributed by atoms with van der Waals surface area (Å²) >= 11 is 3.25. The number of aromatic nitrogens is 2. The highest BCUT2D eigenvalue weighted by atomic mass is 79.9. The third kappa shape index (κ3) is 6.25. The van der Waals surface area contributed by atoms with Gasteiger partial charge >= 0.3 is 6.09 Å². The van der Waals surface area contributed by atoms with Crippen LogP contribution in [0.4, 0.5) is 19.5 Å². The van der Waals surface area contributed by atoms with Crippen molar-refractivity contribution in [3.05, 3.63) is 50.2 Å². The van der Waals surface area contributed by atoms with Crippen molar-refractivity contribution in [3.8, 4) is 5.88 Å². The highest BCUT2D eigenvalue weighted by Crippen LogP contribution is 2.28. The summed E-state index contributed by atoms with van der Waals surface area (Å²) < 4.78 is 39.8. The number of rotatable bonds is 6. The summed E-state index contributed by atoms with van der Waals surface area (Å²) in [7, 11) is 0. The van der Waals surface area contributed by atoms with Crippen molar-refractivity contribution in [2.75, 3.05) is 18.0 Å². The molecule has 0 bridgehead atoms. The fourth-order valence-electron chi connectivity index (χ4n) is 3.58. The molecular weight excluding hydrogens is 514 g/mol. The maximum Gasteiger partial charge on any atom is 0.407 e. The molecule has 1 aromatic carbocycles. The Labute approximate surface area is 205 Å². The van der Waals surface area contributed by atoms with E-state index in [1.54, 1.807) is 20.8 Å². The number of carbonyl (C=O) groups is 1. The lowest BCUT2D eigenvalue weighted by Crippen LogP contribution is -2.41. The number of nitrogens with zero attached hydrogens (tertiary/aromatic N) is 3. The summed E-state index contributed by atoms with van der Waals surface area (Å²) in [5.74, 6) is -1.05. The first kappa shape index (κ1) is 25.9. The van der Waals surface area contributed by atoms with Gasteiger partial charge in [-0.1, -0.05) is 0 Å². The smallest absolute Gasteiger partial charge is 0.407 e. The molecule has 3 rings (SSSR count). The number of ether oxygens (including phenoxy) is 2. The van der Waals surface area contributed by atoms with Crippen molar-refractivity contribution in [2.45, 2.75) is 65.3 Å². The van der Waals surface area contributed by atoms with Crippen molar-refractivity contribution in [3.63, 3.8) is 0 Å². The Morgan fingerprint density at radius 1 is 1.32 bits per heavy atom. The van der Waals surface area contributed by atoms with E-state index in [-0.39, 0.29) is 40.2 Å². The summed E-state index contributed by atoms with van der Waals surface area (Å²) in [4.78, 5) is 31.7. The van der Waals surface area contributed by atoms with E-state index in [0.717, 1.165) is 12.1 Å². The molecular formula is C23H29BrF2N4O4. The van der Waals surface area contributed by atoms with Crippen LogP contribution in [0.1, 0.15) is 52.6 Å². The number of anilines is 1. The van der Waals surface area contributed by atoms with Gasteiger partial charge in [0.15, 0.2) is 0 Å². The number of alkyl carbamates (subject to hydrolysis) is 1. The molecule has 1 fully saturated rings. The maximum absolute atomic E-state index is 14.0. The molecule has 0 aliphatic carbocycles. The maximum atomic E-state index is 14.0. The molecule has 1 aliphatic heterocycles. The first-order chi connectivity index (χ1) is 15.9. The van der Waals surface area contributed by atoms with Gasteiger partial charge in [-0.2, -0.15) is 4.98 Å². The van der Waals surface area contributed by atoms with Crippen LogP contribution < -0.4 is 20.5 Å². The Balaban J connectivity index is 1.83. The standard InChI is InChI=1S/C23H29BrF2N4O4/c1-13(2)30-20(31)18(24)19(33-12-14-6-7-15(25)10-17(14)26)28-21(30)29-9-8-16(11-29)27-22(32)34-23(3,4)5/h6-7,10,13,16H,8-9,11-12H2,1-5H3,(H,27,32)/t16-/m1/s1. The molecule has 1 aliphatic rings. The number of benzene rings is 1. The highest BCUT2D eigenvalue weighted by molar-refractivity contribution is 9.10. The Kier molecular flexibility index (Phi) is 7.84. The summed E-state index contributed by atoms with van der Waals surface area (Å²) in [5, 5.41) is 2.85. The fourth-order valence-corrected chi connectivity index (χ4v) is 3.98. The first-order valence-electron chi connectivity index (χ1n) is 11.0. The number of hydrogen-bond donors (Lipinski definition) is 1. The molecule has 0 unspecified atom stereocenters. The van der Waals surface area contributed by atoms with Gasteiger partial charge in [-0.25, -0.2) is 13.6 Å². The van der Waals surface area contributed by atoms with Gasteiger partial charge in [-0.05, 0) is 69.1 Å². The largest absolute Gasteiger partial charge is 0.472 e. The molecule has 11 heteroatoms. The predicted octanol–water partition coefficient (Wildman–Crippen LogP) is 4.55. The predicted molar refractivity (Wildman–Crippen MR) is 127 cm³/mol. The molecule has 0 radical (unpaired) electrons. The van der Waals surface area contributed by atoms with Crippen LogP contribution in [0.25, 0.3) is 0 Å². The van der Waals surface area contributed by atoms with Gasteiger partial charge in [0.1, 0.15) is 28.3 Å². The third-order valence-electron chi connectivity index (χ3n) is 5.10. The lowest BCUT2D eigenvalue weighted by atomic mass is 10.2. The zero-order valence-corrected chi connectivity index (χ0v) is 21.4. The minimum Gasteiger partial charge on any atom is -0.472 e. The molecule has 0 spiro atoms. The van der Waals surface area contributed by atoms with E-state index in [1.807, 2.05) is 18.7 Å². The number of amides is 1. The van der Waals surface area contributed by atoms with Crippen molar-refractivity contribution in [1.29, 1.82) is 0 Å². The van der Waals surface area contributed by atoms with Gasteiger partial charge in [0.05, 0.1) is 6.04 Å². The summed E-state index contributed by atoms with van der Waals surface area (Å²) in [6, 6.07) is 2.80. The van der Waals surface area contributed by atoms with Crippen LogP contribution in [-0.4, -0.2) is 40.4 Å². The number of hydrogen-bond acceptors (Lipinski definition) is 6. The van der Waals surface area contributed by atoms with Crippen molar-refractivity contribution in [1.82, 2.24) is 14.9 Å². The van der Waals surface area contributed by atoms with Crippen molar-refractivity contribution >= 4 is 28.0 Å². The number of halogens is 3. The molecule has 1 N–H and O–H groups in total. The first-order valence-corrected chi connectivity index (χ1v) is 11.8. The molecule has 34 heavy (non-hydrogen) atoms. The SMILES string of the molecule is CC(C)n1c(N2CC[C@@H](NC(=O)OC(C)(C)C)C2)nc(OCc2ccc(F)cc2F)c(Br)c1=O. The van der Waals surface area contributed by atoms with Crippen LogP contribution in [0.2, 0.25) is 0 Å². The van der Waals surface area contributed by atoms with Crippen LogP contribution in [0.3, 0.4) is 0 Å². The quantitative estimate of drug-likeness (QED) is 0.576. The van der Waals surface area contributed by atoms with E-state index in [4.69, 9.17) is 9.47 Å². The van der Waals surface area contributed by atoms with E-state index >= 15 is 0 Å². The molecule has 2 heterocycles. The Bertz CT molecular complexity index is 1120. The average molecular weight is 543 g/mol. The summed E-state index contributed by atoms with van der Waals surface area (Å²) in [5.41, 5.74) is -0.824. The van der Waals surface area contributed by atoms with Gasteiger partial charge in [-0.3, -0.25) is 9.36 Å². The molecule has 8 nitrogen and oxygen atoms in total. The van der Waals surface area contributed by atoms with E-state index in [1.165, 1.54) is 10.6 Å². The van der Waals surface area contributed by atoms with Crippen LogP contribution >= 0.6 is 15.9 Å². The second-order valence-corrected chi connectivity index (χ2v) is 10.2. The molecule has 1 saturated heterocycles. The molecule has 1 aromatic heterocycles. The van der Waals surface area contributed by atoms with Gasteiger partial charge < -0.3 is 19.7 Å². The van der Waals surface area contributed by atoms with Crippen LogP contribution in [0.5, 0.6) is 5.88 Å². The minimum atomic E-state index is -0.748. The highest BCUT2D eigenvalue weighted by Gasteiger charge is 2.30. The third-order valence-corrected chi connectivity index (χ3v) is 5.78. The zero-order chi connectivity index (χ0) is 25.2. The Morgan fingerprint density at radius 2 is 2.03 bits per heavy atom. The van der Waals surface area contributed by atoms with Crippen molar-refractivity contribution in [2.24, 2.45) is 0 Å². The minimum absolute atomic E-state index is 0.00387. The van der Waals surface area contributed by atoms with E-state index in [0.29, 0.717) is 25.5 Å².